The first-order valence-corrected chi connectivity index (χ1v) is 4.58. The van der Waals surface area contributed by atoms with E-state index in [1.165, 1.54) is 18.6 Å². The van der Waals surface area contributed by atoms with E-state index < -0.39 is 5.97 Å². The summed E-state index contributed by atoms with van der Waals surface area (Å²) in [6.07, 6.45) is 4.49. The molecule has 0 aromatic carbocycles. The summed E-state index contributed by atoms with van der Waals surface area (Å²) in [4.78, 5) is 22.9. The first-order valence-electron chi connectivity index (χ1n) is 4.58. The first kappa shape index (κ1) is 10.2. The molecule has 0 saturated carbocycles. The van der Waals surface area contributed by atoms with Gasteiger partial charge in [-0.2, -0.15) is 4.98 Å². The number of rotatable bonds is 3. The molecule has 2 aromatic rings. The fourth-order valence-electron chi connectivity index (χ4n) is 1.02. The van der Waals surface area contributed by atoms with Crippen LogP contribution in [0.15, 0.2) is 23.1 Å². The van der Waals surface area contributed by atoms with Crippen LogP contribution >= 0.6 is 0 Å². The molecule has 0 amide bonds. The van der Waals surface area contributed by atoms with Gasteiger partial charge >= 0.3 is 11.9 Å². The minimum atomic E-state index is -0.648. The summed E-state index contributed by atoms with van der Waals surface area (Å²) in [7, 11) is 0. The number of nitrogens with zero attached hydrogens (tertiary/aromatic N) is 4. The van der Waals surface area contributed by atoms with Crippen molar-refractivity contribution in [3.8, 4) is 11.5 Å². The van der Waals surface area contributed by atoms with Crippen molar-refractivity contribution >= 4 is 5.97 Å². The summed E-state index contributed by atoms with van der Waals surface area (Å²) >= 11 is 0. The fraction of sp³-hybridized carbons (Fsp3) is 0.222. The molecule has 16 heavy (non-hydrogen) atoms. The van der Waals surface area contributed by atoms with Crippen LogP contribution in [0.25, 0.3) is 11.5 Å². The zero-order valence-electron chi connectivity index (χ0n) is 8.45. The number of carbonyl (C=O) groups is 1. The Bertz CT molecular complexity index is 483. The summed E-state index contributed by atoms with van der Waals surface area (Å²) < 4.78 is 9.44. The van der Waals surface area contributed by atoms with E-state index in [1.54, 1.807) is 6.92 Å². The number of aromatic nitrogens is 4. The minimum Gasteiger partial charge on any atom is -0.459 e. The second kappa shape index (κ2) is 4.47. The van der Waals surface area contributed by atoms with Crippen LogP contribution in [0.1, 0.15) is 17.6 Å². The maximum Gasteiger partial charge on any atom is 0.397 e. The van der Waals surface area contributed by atoms with Crippen LogP contribution < -0.4 is 0 Å². The van der Waals surface area contributed by atoms with E-state index in [0.717, 1.165) is 0 Å². The van der Waals surface area contributed by atoms with Crippen LogP contribution in [0.3, 0.4) is 0 Å². The molecule has 2 heterocycles. The van der Waals surface area contributed by atoms with Gasteiger partial charge in [-0.15, -0.1) is 0 Å². The molecule has 0 aliphatic carbocycles. The topological polar surface area (TPSA) is 91.0 Å². The number of carbonyl (C=O) groups excluding carboxylic acids is 1. The maximum atomic E-state index is 11.2. The van der Waals surface area contributed by atoms with Gasteiger partial charge in [-0.25, -0.2) is 9.78 Å². The van der Waals surface area contributed by atoms with Crippen LogP contribution in [0, 0.1) is 0 Å². The molecule has 7 nitrogen and oxygen atoms in total. The lowest BCUT2D eigenvalue weighted by molar-refractivity contribution is 0.0470. The van der Waals surface area contributed by atoms with Crippen LogP contribution in [0.4, 0.5) is 0 Å². The van der Waals surface area contributed by atoms with Crippen molar-refractivity contribution in [1.29, 1.82) is 0 Å². The van der Waals surface area contributed by atoms with E-state index in [1.807, 2.05) is 0 Å². The van der Waals surface area contributed by atoms with Gasteiger partial charge in [-0.3, -0.25) is 4.98 Å². The van der Waals surface area contributed by atoms with Crippen molar-refractivity contribution in [3.05, 3.63) is 24.5 Å². The highest BCUT2D eigenvalue weighted by atomic mass is 16.6. The number of hydrogen-bond donors (Lipinski definition) is 0. The third-order valence-electron chi connectivity index (χ3n) is 1.67. The van der Waals surface area contributed by atoms with Crippen molar-refractivity contribution in [1.82, 2.24) is 20.1 Å². The average molecular weight is 220 g/mol. The molecule has 0 aliphatic rings. The van der Waals surface area contributed by atoms with E-state index >= 15 is 0 Å². The number of esters is 1. The Kier molecular flexibility index (Phi) is 2.86. The van der Waals surface area contributed by atoms with Gasteiger partial charge in [0.2, 0.25) is 5.82 Å². The lowest BCUT2D eigenvalue weighted by Crippen LogP contribution is -2.04. The van der Waals surface area contributed by atoms with Crippen LogP contribution in [-0.2, 0) is 4.74 Å². The van der Waals surface area contributed by atoms with Crippen LogP contribution in [-0.4, -0.2) is 32.7 Å². The van der Waals surface area contributed by atoms with Crippen LogP contribution in [0.5, 0.6) is 0 Å². The van der Waals surface area contributed by atoms with Gasteiger partial charge in [-0.1, -0.05) is 5.16 Å². The third kappa shape index (κ3) is 2.02. The van der Waals surface area contributed by atoms with E-state index in [0.29, 0.717) is 5.69 Å². The molecule has 0 fully saturated rings. The summed E-state index contributed by atoms with van der Waals surface area (Å²) in [6.45, 7) is 1.94. The molecule has 0 spiro atoms. The molecule has 0 atom stereocenters. The van der Waals surface area contributed by atoms with Crippen molar-refractivity contribution in [2.75, 3.05) is 6.61 Å². The molecule has 0 saturated heterocycles. The van der Waals surface area contributed by atoms with Gasteiger partial charge in [0.05, 0.1) is 12.8 Å². The Morgan fingerprint density at radius 2 is 2.38 bits per heavy atom. The van der Waals surface area contributed by atoms with Gasteiger partial charge in [0, 0.05) is 12.4 Å². The quantitative estimate of drug-likeness (QED) is 0.703. The van der Waals surface area contributed by atoms with Crippen molar-refractivity contribution < 1.29 is 14.1 Å². The summed E-state index contributed by atoms with van der Waals surface area (Å²) in [6, 6.07) is 0. The van der Waals surface area contributed by atoms with E-state index in [9.17, 15) is 4.79 Å². The Morgan fingerprint density at radius 1 is 1.50 bits per heavy atom. The van der Waals surface area contributed by atoms with Gasteiger partial charge in [0.1, 0.15) is 5.69 Å². The van der Waals surface area contributed by atoms with Crippen molar-refractivity contribution in [3.63, 3.8) is 0 Å². The van der Waals surface area contributed by atoms with Gasteiger partial charge in [-0.05, 0) is 6.92 Å². The third-order valence-corrected chi connectivity index (χ3v) is 1.67. The standard InChI is InChI=1S/C9H8N4O3/c1-2-15-9(14)8-12-7(13-16-8)6-5-10-3-4-11-6/h3-5H,2H2,1H3. The zero-order chi connectivity index (χ0) is 11.4. The Labute approximate surface area is 90.5 Å². The molecule has 0 N–H and O–H groups in total. The summed E-state index contributed by atoms with van der Waals surface area (Å²) in [5.41, 5.74) is 0.432. The molecule has 2 aromatic heterocycles. The Hall–Kier alpha value is -2.31. The number of hydrogen-bond acceptors (Lipinski definition) is 7. The van der Waals surface area contributed by atoms with Gasteiger partial charge < -0.3 is 9.26 Å². The second-order valence-corrected chi connectivity index (χ2v) is 2.73. The van der Waals surface area contributed by atoms with Gasteiger partial charge in [0.25, 0.3) is 0 Å². The molecular formula is C9H8N4O3. The molecule has 7 heteroatoms. The van der Waals surface area contributed by atoms with E-state index in [2.05, 4.69) is 20.1 Å². The highest BCUT2D eigenvalue weighted by Crippen LogP contribution is 2.11. The summed E-state index contributed by atoms with van der Waals surface area (Å²) in [5, 5.41) is 3.60. The molecule has 0 aliphatic heterocycles. The molecule has 0 bridgehead atoms. The highest BCUT2D eigenvalue weighted by molar-refractivity contribution is 5.84. The highest BCUT2D eigenvalue weighted by Gasteiger charge is 2.17. The molecular weight excluding hydrogens is 212 g/mol. The largest absolute Gasteiger partial charge is 0.459 e. The monoisotopic (exact) mass is 220 g/mol. The predicted molar refractivity (Wildman–Crippen MR) is 51.3 cm³/mol. The second-order valence-electron chi connectivity index (χ2n) is 2.73. The lowest BCUT2D eigenvalue weighted by atomic mass is 10.4. The fourth-order valence-corrected chi connectivity index (χ4v) is 1.02. The Balaban J connectivity index is 2.23. The molecule has 0 unspecified atom stereocenters. The molecule has 82 valence electrons. The predicted octanol–water partition coefficient (Wildman–Crippen LogP) is 0.703. The van der Waals surface area contributed by atoms with E-state index in [-0.39, 0.29) is 18.3 Å². The first-order chi connectivity index (χ1) is 7.81. The maximum absolute atomic E-state index is 11.2. The minimum absolute atomic E-state index is 0.192. The lowest BCUT2D eigenvalue weighted by Gasteiger charge is -1.93. The normalized spacial score (nSPS) is 10.1. The zero-order valence-corrected chi connectivity index (χ0v) is 8.45. The van der Waals surface area contributed by atoms with Crippen LogP contribution in [0.2, 0.25) is 0 Å². The smallest absolute Gasteiger partial charge is 0.397 e. The molecule has 2 rings (SSSR count). The molecule has 0 radical (unpaired) electrons. The SMILES string of the molecule is CCOC(=O)c1nc(-c2cnccn2)no1. The summed E-state index contributed by atoms with van der Waals surface area (Å²) in [5.74, 6) is -0.635. The number of ether oxygens (including phenoxy) is 1. The van der Waals surface area contributed by atoms with Gasteiger partial charge in [0.15, 0.2) is 0 Å². The van der Waals surface area contributed by atoms with Crippen molar-refractivity contribution in [2.45, 2.75) is 6.92 Å². The van der Waals surface area contributed by atoms with E-state index in [4.69, 9.17) is 9.26 Å². The average Bonchev–Trinajstić information content (AvgIpc) is 2.80. The Morgan fingerprint density at radius 3 is 3.06 bits per heavy atom. The van der Waals surface area contributed by atoms with Crippen molar-refractivity contribution in [2.24, 2.45) is 0 Å².